The van der Waals surface area contributed by atoms with E-state index in [9.17, 15) is 4.79 Å². The molecule has 1 unspecified atom stereocenters. The van der Waals surface area contributed by atoms with Gasteiger partial charge in [0.25, 0.3) is 0 Å². The monoisotopic (exact) mass is 374 g/mol. The first-order valence-corrected chi connectivity index (χ1v) is 9.87. The van der Waals surface area contributed by atoms with Crippen LogP contribution in [0.25, 0.3) is 11.3 Å². The van der Waals surface area contributed by atoms with Crippen LogP contribution in [0, 0.1) is 0 Å². The van der Waals surface area contributed by atoms with Crippen LogP contribution in [0.15, 0.2) is 69.9 Å². The Morgan fingerprint density at radius 1 is 1.07 bits per heavy atom. The molecule has 2 aromatic carbocycles. The molecule has 28 heavy (non-hydrogen) atoms. The highest BCUT2D eigenvalue weighted by Crippen LogP contribution is 2.49. The first kappa shape index (κ1) is 17.3. The summed E-state index contributed by atoms with van der Waals surface area (Å²) >= 11 is 0. The number of ether oxygens (including phenoxy) is 2. The van der Waals surface area contributed by atoms with E-state index in [0.717, 1.165) is 30.4 Å². The Bertz CT molecular complexity index is 1070. The molecule has 4 heteroatoms. The summed E-state index contributed by atoms with van der Waals surface area (Å²) < 4.78 is 18.5. The molecule has 2 atom stereocenters. The average Bonchev–Trinajstić information content (AvgIpc) is 2.72. The Morgan fingerprint density at radius 2 is 1.86 bits per heavy atom. The van der Waals surface area contributed by atoms with Gasteiger partial charge in [0.15, 0.2) is 0 Å². The maximum Gasteiger partial charge on any atom is 0.346 e. The summed E-state index contributed by atoms with van der Waals surface area (Å²) in [6.07, 6.45) is 3.07. The lowest BCUT2D eigenvalue weighted by atomic mass is 9.85. The molecule has 1 aromatic heterocycles. The van der Waals surface area contributed by atoms with Crippen LogP contribution in [0.5, 0.6) is 5.75 Å². The summed E-state index contributed by atoms with van der Waals surface area (Å²) in [5.41, 5.74) is 3.11. The van der Waals surface area contributed by atoms with Crippen molar-refractivity contribution in [2.24, 2.45) is 0 Å². The summed E-state index contributed by atoms with van der Waals surface area (Å²) in [6, 6.07) is 19.6. The normalized spacial score (nSPS) is 22.1. The molecule has 0 amide bonds. The molecular weight excluding hydrogens is 352 g/mol. The highest BCUT2D eigenvalue weighted by Gasteiger charge is 2.48. The second-order valence-electron chi connectivity index (χ2n) is 7.53. The lowest BCUT2D eigenvalue weighted by Crippen LogP contribution is -2.50. The Hall–Kier alpha value is -2.85. The second-order valence-corrected chi connectivity index (χ2v) is 7.53. The third-order valence-electron chi connectivity index (χ3n) is 5.61. The molecule has 5 rings (SSSR count). The van der Waals surface area contributed by atoms with Crippen molar-refractivity contribution in [1.29, 1.82) is 0 Å². The smallest absolute Gasteiger partial charge is 0.346 e. The van der Waals surface area contributed by atoms with E-state index in [2.05, 4.69) is 13.0 Å². The first-order valence-electron chi connectivity index (χ1n) is 9.87. The largest absolute Gasteiger partial charge is 0.461 e. The molecule has 0 fully saturated rings. The number of hydrogen-bond acceptors (Lipinski definition) is 4. The third kappa shape index (κ3) is 2.76. The summed E-state index contributed by atoms with van der Waals surface area (Å²) in [5, 5.41) is 0. The van der Waals surface area contributed by atoms with Crippen LogP contribution in [0.2, 0.25) is 0 Å². The number of unbranched alkanes of at least 4 members (excludes halogenated alkanes) is 1. The van der Waals surface area contributed by atoms with Gasteiger partial charge in [-0.1, -0.05) is 67.9 Å². The van der Waals surface area contributed by atoms with Crippen LogP contribution in [0.1, 0.15) is 49.0 Å². The van der Waals surface area contributed by atoms with E-state index in [4.69, 9.17) is 13.9 Å². The Balaban J connectivity index is 1.68. The summed E-state index contributed by atoms with van der Waals surface area (Å²) in [4.78, 5) is 13.0. The van der Waals surface area contributed by atoms with E-state index in [1.165, 1.54) is 5.56 Å². The lowest BCUT2D eigenvalue weighted by molar-refractivity contribution is -0.233. The van der Waals surface area contributed by atoms with Crippen LogP contribution in [0.3, 0.4) is 0 Å². The van der Waals surface area contributed by atoms with Gasteiger partial charge in [0.05, 0.1) is 0 Å². The van der Waals surface area contributed by atoms with E-state index >= 15 is 0 Å². The quantitative estimate of drug-likeness (QED) is 0.626. The van der Waals surface area contributed by atoms with Crippen LogP contribution in [-0.2, 0) is 11.2 Å². The molecule has 0 spiro atoms. The Morgan fingerprint density at radius 3 is 2.68 bits per heavy atom. The molecule has 3 heterocycles. The van der Waals surface area contributed by atoms with Gasteiger partial charge >= 0.3 is 5.63 Å². The van der Waals surface area contributed by atoms with Gasteiger partial charge in [-0.05, 0) is 17.5 Å². The zero-order valence-corrected chi connectivity index (χ0v) is 15.8. The van der Waals surface area contributed by atoms with Gasteiger partial charge in [-0.3, -0.25) is 0 Å². The molecule has 2 aliphatic rings. The van der Waals surface area contributed by atoms with Gasteiger partial charge in [0.2, 0.25) is 5.79 Å². The molecule has 0 saturated carbocycles. The van der Waals surface area contributed by atoms with Crippen LogP contribution >= 0.6 is 0 Å². The number of benzene rings is 2. The van der Waals surface area contributed by atoms with E-state index in [1.54, 1.807) is 0 Å². The van der Waals surface area contributed by atoms with Crippen molar-refractivity contribution < 1.29 is 13.9 Å². The molecule has 2 bridgehead atoms. The van der Waals surface area contributed by atoms with Crippen LogP contribution in [0.4, 0.5) is 0 Å². The fraction of sp³-hybridized carbons (Fsp3) is 0.292. The van der Waals surface area contributed by atoms with Gasteiger partial charge in [-0.15, -0.1) is 0 Å². The number of hydrogen-bond donors (Lipinski definition) is 0. The molecule has 142 valence electrons. The average molecular weight is 374 g/mol. The predicted molar refractivity (Wildman–Crippen MR) is 106 cm³/mol. The fourth-order valence-corrected chi connectivity index (χ4v) is 4.23. The molecule has 0 radical (unpaired) electrons. The molecule has 0 saturated heterocycles. The van der Waals surface area contributed by atoms with Gasteiger partial charge in [0, 0.05) is 24.5 Å². The van der Waals surface area contributed by atoms with Crippen molar-refractivity contribution in [3.05, 3.63) is 87.8 Å². The van der Waals surface area contributed by atoms with Crippen molar-refractivity contribution in [2.75, 3.05) is 0 Å². The molecule has 4 nitrogen and oxygen atoms in total. The molecular formula is C24H22O4. The number of fused-ring (bicyclic) bond motifs is 6. The SMILES string of the molecule is CCCC[C@]12Cc3ccccc3C(O1)c1c(cc(-c3ccccc3)oc1=O)O2. The highest BCUT2D eigenvalue weighted by atomic mass is 16.7. The molecule has 0 aliphatic carbocycles. The molecule has 2 aliphatic heterocycles. The maximum atomic E-state index is 13.0. The van der Waals surface area contributed by atoms with E-state index in [1.807, 2.05) is 54.6 Å². The fourth-order valence-electron chi connectivity index (χ4n) is 4.23. The van der Waals surface area contributed by atoms with E-state index in [-0.39, 0.29) is 0 Å². The van der Waals surface area contributed by atoms with Crippen LogP contribution < -0.4 is 10.4 Å². The van der Waals surface area contributed by atoms with Gasteiger partial charge in [0.1, 0.15) is 23.2 Å². The van der Waals surface area contributed by atoms with Gasteiger partial charge in [-0.2, -0.15) is 0 Å². The zero-order valence-electron chi connectivity index (χ0n) is 15.8. The standard InChI is InChI=1S/C24H22O4/c1-2-3-13-24-15-17-11-7-8-12-18(17)22(28-24)21-20(27-24)14-19(26-23(21)25)16-9-5-4-6-10-16/h4-12,14,22H,2-3,13,15H2,1H3/t22?,24-/m1/s1. The van der Waals surface area contributed by atoms with Gasteiger partial charge in [-0.25, -0.2) is 4.79 Å². The van der Waals surface area contributed by atoms with E-state index in [0.29, 0.717) is 23.5 Å². The van der Waals surface area contributed by atoms with Crippen LogP contribution in [-0.4, -0.2) is 5.79 Å². The van der Waals surface area contributed by atoms with E-state index < -0.39 is 17.5 Å². The van der Waals surface area contributed by atoms with Gasteiger partial charge < -0.3 is 13.9 Å². The maximum absolute atomic E-state index is 13.0. The van der Waals surface area contributed by atoms with Crippen molar-refractivity contribution in [1.82, 2.24) is 0 Å². The predicted octanol–water partition coefficient (Wildman–Crippen LogP) is 5.25. The van der Waals surface area contributed by atoms with Crippen molar-refractivity contribution >= 4 is 0 Å². The third-order valence-corrected chi connectivity index (χ3v) is 5.61. The second kappa shape index (κ2) is 6.64. The number of rotatable bonds is 4. The first-order chi connectivity index (χ1) is 13.7. The highest BCUT2D eigenvalue weighted by molar-refractivity contribution is 5.60. The zero-order chi connectivity index (χ0) is 19.1. The van der Waals surface area contributed by atoms with Crippen molar-refractivity contribution in [2.45, 2.75) is 44.5 Å². The minimum atomic E-state index is -0.732. The topological polar surface area (TPSA) is 48.7 Å². The summed E-state index contributed by atoms with van der Waals surface area (Å²) in [7, 11) is 0. The summed E-state index contributed by atoms with van der Waals surface area (Å²) in [5.74, 6) is 0.365. The Kier molecular flexibility index (Phi) is 4.09. The van der Waals surface area contributed by atoms with Crippen molar-refractivity contribution in [3.8, 4) is 17.1 Å². The minimum absolute atomic E-state index is 0.401. The summed E-state index contributed by atoms with van der Waals surface area (Å²) in [6.45, 7) is 2.16. The minimum Gasteiger partial charge on any atom is -0.461 e. The Labute approximate surface area is 163 Å². The lowest BCUT2D eigenvalue weighted by Gasteiger charge is -2.46. The molecule has 3 aromatic rings. The van der Waals surface area contributed by atoms with Crippen molar-refractivity contribution in [3.63, 3.8) is 0 Å². The molecule has 0 N–H and O–H groups in total.